The van der Waals surface area contributed by atoms with E-state index in [0.717, 1.165) is 6.42 Å². The van der Waals surface area contributed by atoms with E-state index in [1.54, 1.807) is 44.7 Å². The van der Waals surface area contributed by atoms with Crippen molar-refractivity contribution < 1.29 is 14.3 Å². The first kappa shape index (κ1) is 17.9. The average molecular weight is 350 g/mol. The largest absolute Gasteiger partial charge is 0.495 e. The zero-order chi connectivity index (χ0) is 17.5. The van der Waals surface area contributed by atoms with E-state index in [9.17, 15) is 4.79 Å². The van der Waals surface area contributed by atoms with Gasteiger partial charge in [-0.15, -0.1) is 0 Å². The number of pyridine rings is 1. The van der Waals surface area contributed by atoms with Crippen LogP contribution in [-0.4, -0.2) is 25.1 Å². The fourth-order valence-electron chi connectivity index (χ4n) is 2.09. The highest BCUT2D eigenvalue weighted by Gasteiger charge is 2.11. The minimum absolute atomic E-state index is 0.0240. The van der Waals surface area contributed by atoms with Gasteiger partial charge in [-0.3, -0.25) is 4.79 Å². The number of nitrogens with zero attached hydrogens (tertiary/aromatic N) is 1. The summed E-state index contributed by atoms with van der Waals surface area (Å²) >= 11 is 6.09. The van der Waals surface area contributed by atoms with Crippen LogP contribution in [0, 0.1) is 0 Å². The molecule has 1 aromatic heterocycles. The molecule has 1 aromatic carbocycles. The molecule has 0 atom stereocenters. The van der Waals surface area contributed by atoms with Crippen molar-refractivity contribution in [2.24, 2.45) is 0 Å². The third-order valence-electron chi connectivity index (χ3n) is 3.26. The highest BCUT2D eigenvalue weighted by atomic mass is 35.5. The number of nitrogens with one attached hydrogen (secondary N) is 2. The molecular weight excluding hydrogens is 330 g/mol. The minimum atomic E-state index is -0.0240. The molecule has 1 amide bonds. The van der Waals surface area contributed by atoms with Gasteiger partial charge in [0.05, 0.1) is 36.8 Å². The maximum Gasteiger partial charge on any atom is 0.224 e. The van der Waals surface area contributed by atoms with Crippen molar-refractivity contribution >= 4 is 34.7 Å². The molecule has 0 unspecified atom stereocenters. The second-order valence-corrected chi connectivity index (χ2v) is 5.45. The number of hydrogen-bond acceptors (Lipinski definition) is 5. The number of methoxy groups -OCH3 is 2. The van der Waals surface area contributed by atoms with Crippen LogP contribution in [0.4, 0.5) is 17.2 Å². The lowest BCUT2D eigenvalue weighted by Crippen LogP contribution is -2.10. The van der Waals surface area contributed by atoms with E-state index in [-0.39, 0.29) is 5.91 Å². The van der Waals surface area contributed by atoms with Crippen LogP contribution in [0.5, 0.6) is 11.5 Å². The van der Waals surface area contributed by atoms with Crippen LogP contribution < -0.4 is 20.1 Å². The summed E-state index contributed by atoms with van der Waals surface area (Å²) in [7, 11) is 3.10. The minimum Gasteiger partial charge on any atom is -0.495 e. The molecule has 0 spiro atoms. The quantitative estimate of drug-likeness (QED) is 0.782. The summed E-state index contributed by atoms with van der Waals surface area (Å²) in [5, 5.41) is 6.39. The van der Waals surface area contributed by atoms with Crippen molar-refractivity contribution in [3.05, 3.63) is 35.5 Å². The van der Waals surface area contributed by atoms with E-state index in [1.165, 1.54) is 0 Å². The zero-order valence-electron chi connectivity index (χ0n) is 13.9. The zero-order valence-corrected chi connectivity index (χ0v) is 14.6. The number of hydrogen-bond donors (Lipinski definition) is 2. The summed E-state index contributed by atoms with van der Waals surface area (Å²) < 4.78 is 10.5. The number of halogens is 1. The van der Waals surface area contributed by atoms with E-state index in [1.807, 2.05) is 6.92 Å². The number of amides is 1. The summed E-state index contributed by atoms with van der Waals surface area (Å²) in [5.74, 6) is 1.68. The van der Waals surface area contributed by atoms with Gasteiger partial charge in [0, 0.05) is 18.6 Å². The van der Waals surface area contributed by atoms with E-state index >= 15 is 0 Å². The fraction of sp³-hybridized carbons (Fsp3) is 0.294. The Morgan fingerprint density at radius 3 is 2.54 bits per heavy atom. The van der Waals surface area contributed by atoms with Crippen LogP contribution in [0.2, 0.25) is 5.02 Å². The number of carbonyl (C=O) groups excluding carboxylic acids is 1. The lowest BCUT2D eigenvalue weighted by atomic mass is 10.2. The van der Waals surface area contributed by atoms with Gasteiger partial charge in [0.25, 0.3) is 0 Å². The number of anilines is 3. The molecule has 0 aliphatic carbocycles. The highest BCUT2D eigenvalue weighted by Crippen LogP contribution is 2.37. The van der Waals surface area contributed by atoms with Crippen LogP contribution >= 0.6 is 11.6 Å². The molecule has 0 aliphatic rings. The second kappa shape index (κ2) is 8.40. The predicted molar refractivity (Wildman–Crippen MR) is 95.6 cm³/mol. The van der Waals surface area contributed by atoms with Crippen LogP contribution in [0.25, 0.3) is 0 Å². The van der Waals surface area contributed by atoms with Gasteiger partial charge in [-0.25, -0.2) is 4.98 Å². The molecule has 6 nitrogen and oxygen atoms in total. The maximum absolute atomic E-state index is 11.6. The topological polar surface area (TPSA) is 72.5 Å². The van der Waals surface area contributed by atoms with Crippen molar-refractivity contribution in [2.45, 2.75) is 19.8 Å². The molecule has 0 aliphatic heterocycles. The number of rotatable bonds is 7. The molecule has 0 fully saturated rings. The smallest absolute Gasteiger partial charge is 0.224 e. The molecule has 128 valence electrons. The number of ether oxygens (including phenoxy) is 2. The standard InChI is InChI=1S/C17H20ClN3O3/c1-4-5-17(22)20-11-6-7-16(19-10-11)21-13-9-14(23-2)12(18)8-15(13)24-3/h6-10H,4-5H2,1-3H3,(H,19,21)(H,20,22). The summed E-state index contributed by atoms with van der Waals surface area (Å²) in [4.78, 5) is 15.9. The van der Waals surface area contributed by atoms with Crippen molar-refractivity contribution in [1.82, 2.24) is 4.98 Å². The lowest BCUT2D eigenvalue weighted by molar-refractivity contribution is -0.116. The number of carbonyl (C=O) groups is 1. The molecule has 2 rings (SSSR count). The van der Waals surface area contributed by atoms with Crippen molar-refractivity contribution in [3.63, 3.8) is 0 Å². The van der Waals surface area contributed by atoms with Crippen molar-refractivity contribution in [1.29, 1.82) is 0 Å². The molecule has 24 heavy (non-hydrogen) atoms. The summed E-state index contributed by atoms with van der Waals surface area (Å²) in [6.45, 7) is 1.96. The molecule has 0 radical (unpaired) electrons. The molecule has 1 heterocycles. The van der Waals surface area contributed by atoms with Gasteiger partial charge in [0.1, 0.15) is 17.3 Å². The Bertz CT molecular complexity index is 705. The van der Waals surface area contributed by atoms with Crippen LogP contribution in [0.3, 0.4) is 0 Å². The monoisotopic (exact) mass is 349 g/mol. The van der Waals surface area contributed by atoms with Gasteiger partial charge in [-0.2, -0.15) is 0 Å². The first-order valence-electron chi connectivity index (χ1n) is 7.51. The molecule has 2 N–H and O–H groups in total. The SMILES string of the molecule is CCCC(=O)Nc1ccc(Nc2cc(OC)c(Cl)cc2OC)nc1. The van der Waals surface area contributed by atoms with Gasteiger partial charge < -0.3 is 20.1 Å². The lowest BCUT2D eigenvalue weighted by Gasteiger charge is -2.13. The van der Waals surface area contributed by atoms with Crippen LogP contribution in [-0.2, 0) is 4.79 Å². The fourth-order valence-corrected chi connectivity index (χ4v) is 2.32. The Hall–Kier alpha value is -2.47. The molecule has 7 heteroatoms. The van der Waals surface area contributed by atoms with Gasteiger partial charge in [-0.05, 0) is 18.6 Å². The third kappa shape index (κ3) is 4.52. The van der Waals surface area contributed by atoms with Gasteiger partial charge >= 0.3 is 0 Å². The first-order chi connectivity index (χ1) is 11.6. The van der Waals surface area contributed by atoms with Crippen molar-refractivity contribution in [2.75, 3.05) is 24.9 Å². The summed E-state index contributed by atoms with van der Waals surface area (Å²) in [6, 6.07) is 6.95. The van der Waals surface area contributed by atoms with Gasteiger partial charge in [0.2, 0.25) is 5.91 Å². The van der Waals surface area contributed by atoms with Gasteiger partial charge in [-0.1, -0.05) is 18.5 Å². The van der Waals surface area contributed by atoms with Crippen LogP contribution in [0.15, 0.2) is 30.5 Å². The summed E-state index contributed by atoms with van der Waals surface area (Å²) in [6.07, 6.45) is 2.88. The Morgan fingerprint density at radius 1 is 1.21 bits per heavy atom. The predicted octanol–water partition coefficient (Wildman–Crippen LogP) is 4.23. The Balaban J connectivity index is 2.15. The number of benzene rings is 1. The first-order valence-corrected chi connectivity index (χ1v) is 7.89. The number of aromatic nitrogens is 1. The van der Waals surface area contributed by atoms with E-state index in [2.05, 4.69) is 15.6 Å². The van der Waals surface area contributed by atoms with Gasteiger partial charge in [0.15, 0.2) is 0 Å². The summed E-state index contributed by atoms with van der Waals surface area (Å²) in [5.41, 5.74) is 1.33. The van der Waals surface area contributed by atoms with Crippen LogP contribution in [0.1, 0.15) is 19.8 Å². The second-order valence-electron chi connectivity index (χ2n) is 5.04. The Labute approximate surface area is 146 Å². The Kier molecular flexibility index (Phi) is 6.26. The molecule has 0 saturated heterocycles. The maximum atomic E-state index is 11.6. The molecule has 0 saturated carbocycles. The molecular formula is C17H20ClN3O3. The highest BCUT2D eigenvalue weighted by molar-refractivity contribution is 6.32. The van der Waals surface area contributed by atoms with E-state index in [4.69, 9.17) is 21.1 Å². The van der Waals surface area contributed by atoms with E-state index < -0.39 is 0 Å². The average Bonchev–Trinajstić information content (AvgIpc) is 2.58. The van der Waals surface area contributed by atoms with E-state index in [0.29, 0.717) is 40.1 Å². The normalized spacial score (nSPS) is 10.2. The Morgan fingerprint density at radius 2 is 1.96 bits per heavy atom. The molecule has 0 bridgehead atoms. The molecule has 2 aromatic rings. The third-order valence-corrected chi connectivity index (χ3v) is 3.56. The van der Waals surface area contributed by atoms with Crippen molar-refractivity contribution in [3.8, 4) is 11.5 Å².